The molecule has 5 aromatic rings. The van der Waals surface area contributed by atoms with Crippen LogP contribution in [0, 0.1) is 5.82 Å². The Morgan fingerprint density at radius 2 is 1.83 bits per heavy atom. The van der Waals surface area contributed by atoms with Gasteiger partial charge >= 0.3 is 0 Å². The summed E-state index contributed by atoms with van der Waals surface area (Å²) in [5.41, 5.74) is 3.40. The smallest absolute Gasteiger partial charge is 0.257 e. The SMILES string of the molecule is CN(c1cc(F)cc(-c2ccc(N3CCCS3(=O)=O)cc2)c1)c1nc2nncn2c2cc(Cl)ccc12. The molecule has 8 nitrogen and oxygen atoms in total. The normalized spacial score (nSPS) is 15.1. The molecule has 0 bridgehead atoms. The minimum absolute atomic E-state index is 0.157. The van der Waals surface area contributed by atoms with Crippen molar-refractivity contribution < 1.29 is 12.8 Å². The van der Waals surface area contributed by atoms with Gasteiger partial charge in [0.2, 0.25) is 10.0 Å². The highest BCUT2D eigenvalue weighted by molar-refractivity contribution is 7.93. The summed E-state index contributed by atoms with van der Waals surface area (Å²) in [6, 6.07) is 17.3. The fourth-order valence-electron chi connectivity index (χ4n) is 4.59. The van der Waals surface area contributed by atoms with E-state index in [4.69, 9.17) is 11.6 Å². The molecule has 1 fully saturated rings. The van der Waals surface area contributed by atoms with Crippen molar-refractivity contribution in [1.82, 2.24) is 19.6 Å². The van der Waals surface area contributed by atoms with Gasteiger partial charge in [0.15, 0.2) is 0 Å². The Kier molecular flexibility index (Phi) is 5.31. The molecule has 0 unspecified atom stereocenters. The molecule has 0 N–H and O–H groups in total. The Balaban J connectivity index is 1.40. The average molecular weight is 523 g/mol. The first kappa shape index (κ1) is 22.7. The Hall–Kier alpha value is -3.76. The highest BCUT2D eigenvalue weighted by Crippen LogP contribution is 2.35. The van der Waals surface area contributed by atoms with Gasteiger partial charge in [-0.1, -0.05) is 23.7 Å². The average Bonchev–Trinajstić information content (AvgIpc) is 3.48. The summed E-state index contributed by atoms with van der Waals surface area (Å²) in [5.74, 6) is 0.726. The van der Waals surface area contributed by atoms with Gasteiger partial charge in [-0.25, -0.2) is 12.8 Å². The lowest BCUT2D eigenvalue weighted by atomic mass is 10.0. The van der Waals surface area contributed by atoms with E-state index in [1.54, 1.807) is 46.0 Å². The van der Waals surface area contributed by atoms with Gasteiger partial charge in [-0.05, 0) is 66.1 Å². The van der Waals surface area contributed by atoms with E-state index >= 15 is 0 Å². The molecular formula is C25H20ClFN6O2S. The standard InChI is InChI=1S/C25H20ClFN6O2S/c1-31(24-22-8-5-18(26)13-23(22)32-15-28-30-25(32)29-24)21-12-17(11-19(27)14-21)16-3-6-20(7-4-16)33-9-2-10-36(33,34)35/h3-8,11-15H,2,9-10H2,1H3. The van der Waals surface area contributed by atoms with Gasteiger partial charge in [0.25, 0.3) is 5.78 Å². The summed E-state index contributed by atoms with van der Waals surface area (Å²) in [7, 11) is -1.46. The number of fused-ring (bicyclic) bond motifs is 3. The summed E-state index contributed by atoms with van der Waals surface area (Å²) in [4.78, 5) is 6.45. The second-order valence-corrected chi connectivity index (χ2v) is 11.1. The molecule has 36 heavy (non-hydrogen) atoms. The molecule has 3 heterocycles. The molecule has 0 aliphatic carbocycles. The van der Waals surface area contributed by atoms with Crippen LogP contribution in [0.15, 0.2) is 67.0 Å². The van der Waals surface area contributed by atoms with E-state index in [1.807, 2.05) is 25.2 Å². The Morgan fingerprint density at radius 3 is 2.58 bits per heavy atom. The number of anilines is 3. The van der Waals surface area contributed by atoms with E-state index in [0.29, 0.717) is 46.5 Å². The van der Waals surface area contributed by atoms with E-state index in [9.17, 15) is 12.8 Å². The predicted octanol–water partition coefficient (Wildman–Crippen LogP) is 5.04. The number of hydrogen-bond donors (Lipinski definition) is 0. The molecule has 1 saturated heterocycles. The molecule has 3 aromatic carbocycles. The van der Waals surface area contributed by atoms with Crippen LogP contribution in [-0.2, 0) is 10.0 Å². The molecule has 0 atom stereocenters. The molecule has 0 amide bonds. The number of rotatable bonds is 4. The maximum absolute atomic E-state index is 14.8. The third-order valence-corrected chi connectivity index (χ3v) is 8.48. The predicted molar refractivity (Wildman–Crippen MR) is 139 cm³/mol. The van der Waals surface area contributed by atoms with Crippen LogP contribution < -0.4 is 9.21 Å². The van der Waals surface area contributed by atoms with E-state index in [2.05, 4.69) is 15.2 Å². The zero-order chi connectivity index (χ0) is 25.0. The van der Waals surface area contributed by atoms with Crippen LogP contribution in [-0.4, -0.2) is 47.3 Å². The molecule has 182 valence electrons. The van der Waals surface area contributed by atoms with Gasteiger partial charge < -0.3 is 4.90 Å². The first-order valence-corrected chi connectivity index (χ1v) is 13.2. The van der Waals surface area contributed by atoms with Crippen LogP contribution in [0.2, 0.25) is 5.02 Å². The van der Waals surface area contributed by atoms with E-state index < -0.39 is 15.8 Å². The van der Waals surface area contributed by atoms with Crippen LogP contribution in [0.1, 0.15) is 6.42 Å². The number of sulfonamides is 1. The Bertz CT molecular complexity index is 1740. The highest BCUT2D eigenvalue weighted by Gasteiger charge is 2.28. The summed E-state index contributed by atoms with van der Waals surface area (Å²) < 4.78 is 42.5. The third-order valence-electron chi connectivity index (χ3n) is 6.37. The summed E-state index contributed by atoms with van der Waals surface area (Å²) in [6.07, 6.45) is 2.18. The van der Waals surface area contributed by atoms with Crippen molar-refractivity contribution in [3.8, 4) is 11.1 Å². The molecule has 2 aromatic heterocycles. The molecule has 11 heteroatoms. The summed E-state index contributed by atoms with van der Waals surface area (Å²) in [6.45, 7) is 0.471. The summed E-state index contributed by atoms with van der Waals surface area (Å²) in [5, 5.41) is 9.40. The monoisotopic (exact) mass is 522 g/mol. The maximum atomic E-state index is 14.8. The van der Waals surface area contributed by atoms with Gasteiger partial charge in [-0.3, -0.25) is 8.71 Å². The minimum Gasteiger partial charge on any atom is -0.329 e. The molecule has 1 aliphatic rings. The first-order chi connectivity index (χ1) is 17.3. The third kappa shape index (κ3) is 3.82. The van der Waals surface area contributed by atoms with Gasteiger partial charge in [-0.15, -0.1) is 10.2 Å². The molecule has 1 aliphatic heterocycles. The van der Waals surface area contributed by atoms with Crippen LogP contribution in [0.5, 0.6) is 0 Å². The fraction of sp³-hybridized carbons (Fsp3) is 0.160. The lowest BCUT2D eigenvalue weighted by molar-refractivity contribution is 0.599. The quantitative estimate of drug-likeness (QED) is 0.328. The molecule has 0 radical (unpaired) electrons. The Morgan fingerprint density at radius 1 is 1.03 bits per heavy atom. The second kappa shape index (κ2) is 8.42. The van der Waals surface area contributed by atoms with E-state index in [0.717, 1.165) is 16.5 Å². The van der Waals surface area contributed by atoms with Crippen molar-refractivity contribution in [2.45, 2.75) is 6.42 Å². The number of benzene rings is 3. The van der Waals surface area contributed by atoms with Crippen LogP contribution in [0.25, 0.3) is 27.8 Å². The lowest BCUT2D eigenvalue weighted by Gasteiger charge is -2.22. The second-order valence-electron chi connectivity index (χ2n) is 8.64. The first-order valence-electron chi connectivity index (χ1n) is 11.2. The van der Waals surface area contributed by atoms with Crippen molar-refractivity contribution in [1.29, 1.82) is 0 Å². The van der Waals surface area contributed by atoms with Crippen molar-refractivity contribution in [2.75, 3.05) is 28.6 Å². The number of hydrogen-bond acceptors (Lipinski definition) is 6. The summed E-state index contributed by atoms with van der Waals surface area (Å²) >= 11 is 6.24. The Labute approximate surface area is 211 Å². The van der Waals surface area contributed by atoms with Crippen molar-refractivity contribution >= 4 is 55.5 Å². The van der Waals surface area contributed by atoms with Gasteiger partial charge in [-0.2, -0.15) is 4.98 Å². The van der Waals surface area contributed by atoms with E-state index in [1.165, 1.54) is 16.4 Å². The number of halogens is 2. The zero-order valence-corrected chi connectivity index (χ0v) is 20.7. The minimum atomic E-state index is -3.26. The number of nitrogens with zero attached hydrogens (tertiary/aromatic N) is 6. The van der Waals surface area contributed by atoms with Gasteiger partial charge in [0.05, 0.1) is 17.0 Å². The van der Waals surface area contributed by atoms with E-state index in [-0.39, 0.29) is 5.75 Å². The van der Waals surface area contributed by atoms with Gasteiger partial charge in [0, 0.05) is 29.7 Å². The lowest BCUT2D eigenvalue weighted by Crippen LogP contribution is -2.24. The number of aromatic nitrogens is 4. The highest BCUT2D eigenvalue weighted by atomic mass is 35.5. The molecular weight excluding hydrogens is 503 g/mol. The fourth-order valence-corrected chi connectivity index (χ4v) is 6.32. The van der Waals surface area contributed by atoms with Crippen LogP contribution in [0.4, 0.5) is 21.6 Å². The largest absolute Gasteiger partial charge is 0.329 e. The topological polar surface area (TPSA) is 83.7 Å². The zero-order valence-electron chi connectivity index (χ0n) is 19.1. The molecule has 0 saturated carbocycles. The van der Waals surface area contributed by atoms with Gasteiger partial charge in [0.1, 0.15) is 18.0 Å². The van der Waals surface area contributed by atoms with Crippen LogP contribution in [0.3, 0.4) is 0 Å². The van der Waals surface area contributed by atoms with Crippen molar-refractivity contribution in [3.05, 3.63) is 77.8 Å². The maximum Gasteiger partial charge on any atom is 0.257 e. The van der Waals surface area contributed by atoms with Crippen molar-refractivity contribution in [3.63, 3.8) is 0 Å². The molecule has 0 spiro atoms. The van der Waals surface area contributed by atoms with Crippen LogP contribution >= 0.6 is 11.6 Å². The molecule has 6 rings (SSSR count). The van der Waals surface area contributed by atoms with Crippen molar-refractivity contribution in [2.24, 2.45) is 0 Å².